The van der Waals surface area contributed by atoms with Gasteiger partial charge in [0.1, 0.15) is 0 Å². The van der Waals surface area contributed by atoms with Crippen molar-refractivity contribution < 1.29 is 9.53 Å². The van der Waals surface area contributed by atoms with Crippen LogP contribution in [-0.4, -0.2) is 12.6 Å². The highest BCUT2D eigenvalue weighted by Crippen LogP contribution is 2.19. The van der Waals surface area contributed by atoms with Crippen LogP contribution in [-0.2, 0) is 10.6 Å². The van der Waals surface area contributed by atoms with Crippen molar-refractivity contribution in [1.82, 2.24) is 0 Å². The molecule has 0 atom stereocenters. The molecule has 0 amide bonds. The van der Waals surface area contributed by atoms with E-state index >= 15 is 0 Å². The third-order valence-electron chi connectivity index (χ3n) is 1.71. The van der Waals surface area contributed by atoms with E-state index in [1.54, 1.807) is 13.0 Å². The van der Waals surface area contributed by atoms with Gasteiger partial charge in [0, 0.05) is 10.4 Å². The van der Waals surface area contributed by atoms with E-state index in [0.717, 1.165) is 10.0 Å². The quantitative estimate of drug-likeness (QED) is 0.625. The molecule has 0 aliphatic heterocycles. The molecule has 2 nitrogen and oxygen atoms in total. The molecule has 0 heterocycles. The lowest BCUT2D eigenvalue weighted by atomic mass is 10.1. The van der Waals surface area contributed by atoms with Crippen LogP contribution in [0.5, 0.6) is 0 Å². The molecule has 76 valence electrons. The summed E-state index contributed by atoms with van der Waals surface area (Å²) in [5.41, 5.74) is 1.31. The highest BCUT2D eigenvalue weighted by Gasteiger charge is 2.11. The molecule has 1 rings (SSSR count). The Hall–Kier alpha value is -0.540. The standard InChI is InChI=1S/C10H10BrClO2/c1-2-14-10(13)9-5-8(11)4-3-7(9)6-12/h3-5H,2,6H2,1H3. The minimum atomic E-state index is -0.329. The van der Waals surface area contributed by atoms with Gasteiger partial charge in [0.2, 0.25) is 0 Å². The highest BCUT2D eigenvalue weighted by molar-refractivity contribution is 9.10. The maximum atomic E-state index is 11.5. The van der Waals surface area contributed by atoms with Crippen molar-refractivity contribution in [2.75, 3.05) is 6.61 Å². The van der Waals surface area contributed by atoms with Crippen molar-refractivity contribution in [2.24, 2.45) is 0 Å². The molecule has 0 N–H and O–H groups in total. The minimum Gasteiger partial charge on any atom is -0.462 e. The monoisotopic (exact) mass is 276 g/mol. The molecular formula is C10H10BrClO2. The molecule has 1 aromatic rings. The normalized spacial score (nSPS) is 9.93. The Morgan fingerprint density at radius 3 is 2.86 bits per heavy atom. The van der Waals surface area contributed by atoms with Crippen molar-refractivity contribution in [2.45, 2.75) is 12.8 Å². The Balaban J connectivity index is 3.03. The molecule has 14 heavy (non-hydrogen) atoms. The summed E-state index contributed by atoms with van der Waals surface area (Å²) in [7, 11) is 0. The number of halogens is 2. The molecule has 0 radical (unpaired) electrons. The lowest BCUT2D eigenvalue weighted by Gasteiger charge is -2.06. The summed E-state index contributed by atoms with van der Waals surface area (Å²) in [6.07, 6.45) is 0. The number of hydrogen-bond acceptors (Lipinski definition) is 2. The Labute approximate surface area is 96.3 Å². The Morgan fingerprint density at radius 2 is 2.29 bits per heavy atom. The second kappa shape index (κ2) is 5.37. The molecule has 0 spiro atoms. The van der Waals surface area contributed by atoms with Crippen LogP contribution < -0.4 is 0 Å². The number of esters is 1. The van der Waals surface area contributed by atoms with Gasteiger partial charge in [0.15, 0.2) is 0 Å². The minimum absolute atomic E-state index is 0.307. The summed E-state index contributed by atoms with van der Waals surface area (Å²) in [5, 5.41) is 0. The maximum absolute atomic E-state index is 11.5. The predicted molar refractivity (Wildman–Crippen MR) is 59.7 cm³/mol. The maximum Gasteiger partial charge on any atom is 0.338 e. The number of benzene rings is 1. The summed E-state index contributed by atoms with van der Waals surface area (Å²) in [4.78, 5) is 11.5. The fraction of sp³-hybridized carbons (Fsp3) is 0.300. The molecule has 0 saturated heterocycles. The average molecular weight is 278 g/mol. The lowest BCUT2D eigenvalue weighted by Crippen LogP contribution is -2.07. The lowest BCUT2D eigenvalue weighted by molar-refractivity contribution is 0.0525. The first-order chi connectivity index (χ1) is 6.69. The van der Waals surface area contributed by atoms with Crippen molar-refractivity contribution in [3.8, 4) is 0 Å². The van der Waals surface area contributed by atoms with E-state index in [1.807, 2.05) is 12.1 Å². The van der Waals surface area contributed by atoms with Crippen molar-refractivity contribution >= 4 is 33.5 Å². The van der Waals surface area contributed by atoms with Crippen LogP contribution >= 0.6 is 27.5 Å². The molecule has 0 saturated carbocycles. The van der Waals surface area contributed by atoms with Gasteiger partial charge in [-0.25, -0.2) is 4.79 Å². The number of alkyl halides is 1. The molecule has 4 heteroatoms. The van der Waals surface area contributed by atoms with Crippen LogP contribution in [0, 0.1) is 0 Å². The predicted octanol–water partition coefficient (Wildman–Crippen LogP) is 3.36. The first kappa shape index (κ1) is 11.5. The Bertz CT molecular complexity index is 339. The Kier molecular flexibility index (Phi) is 4.42. The van der Waals surface area contributed by atoms with Gasteiger partial charge in [0.25, 0.3) is 0 Å². The third-order valence-corrected chi connectivity index (χ3v) is 2.49. The van der Waals surface area contributed by atoms with Gasteiger partial charge in [-0.1, -0.05) is 22.0 Å². The SMILES string of the molecule is CCOC(=O)c1cc(Br)ccc1CCl. The summed E-state index contributed by atoms with van der Waals surface area (Å²) in [6.45, 7) is 2.14. The second-order valence-corrected chi connectivity index (χ2v) is 3.84. The van der Waals surface area contributed by atoms with Gasteiger partial charge in [-0.2, -0.15) is 0 Å². The smallest absolute Gasteiger partial charge is 0.338 e. The number of rotatable bonds is 3. The second-order valence-electron chi connectivity index (χ2n) is 2.66. The first-order valence-corrected chi connectivity index (χ1v) is 5.53. The first-order valence-electron chi connectivity index (χ1n) is 4.20. The molecule has 0 aliphatic carbocycles. The molecule has 1 aromatic carbocycles. The van der Waals surface area contributed by atoms with Crippen LogP contribution in [0.1, 0.15) is 22.8 Å². The molecular weight excluding hydrogens is 267 g/mol. The Morgan fingerprint density at radius 1 is 1.57 bits per heavy atom. The van der Waals surface area contributed by atoms with Crippen LogP contribution in [0.2, 0.25) is 0 Å². The fourth-order valence-corrected chi connectivity index (χ4v) is 1.66. The van der Waals surface area contributed by atoms with E-state index < -0.39 is 0 Å². The van der Waals surface area contributed by atoms with Crippen LogP contribution in [0.4, 0.5) is 0 Å². The van der Waals surface area contributed by atoms with E-state index in [0.29, 0.717) is 18.1 Å². The van der Waals surface area contributed by atoms with E-state index in [2.05, 4.69) is 15.9 Å². The summed E-state index contributed by atoms with van der Waals surface area (Å²) >= 11 is 9.00. The number of ether oxygens (including phenoxy) is 1. The van der Waals surface area contributed by atoms with Crippen molar-refractivity contribution in [3.05, 3.63) is 33.8 Å². The molecule has 0 aliphatic rings. The zero-order valence-electron chi connectivity index (χ0n) is 7.72. The van der Waals surface area contributed by atoms with E-state index in [1.165, 1.54) is 0 Å². The van der Waals surface area contributed by atoms with Crippen molar-refractivity contribution in [3.63, 3.8) is 0 Å². The third kappa shape index (κ3) is 2.72. The number of hydrogen-bond donors (Lipinski definition) is 0. The van der Waals surface area contributed by atoms with Gasteiger partial charge in [-0.15, -0.1) is 11.6 Å². The van der Waals surface area contributed by atoms with Gasteiger partial charge in [-0.05, 0) is 24.6 Å². The number of carbonyl (C=O) groups excluding carboxylic acids is 1. The molecule has 0 bridgehead atoms. The molecule has 0 fully saturated rings. The molecule has 0 aromatic heterocycles. The average Bonchev–Trinajstić information content (AvgIpc) is 2.18. The topological polar surface area (TPSA) is 26.3 Å². The van der Waals surface area contributed by atoms with Crippen LogP contribution in [0.25, 0.3) is 0 Å². The van der Waals surface area contributed by atoms with Crippen LogP contribution in [0.15, 0.2) is 22.7 Å². The highest BCUT2D eigenvalue weighted by atomic mass is 79.9. The number of carbonyl (C=O) groups is 1. The summed E-state index contributed by atoms with van der Waals surface area (Å²) in [5.74, 6) is -0.0222. The largest absolute Gasteiger partial charge is 0.462 e. The van der Waals surface area contributed by atoms with E-state index in [9.17, 15) is 4.79 Å². The van der Waals surface area contributed by atoms with Gasteiger partial charge in [0.05, 0.1) is 12.2 Å². The molecule has 0 unspecified atom stereocenters. The van der Waals surface area contributed by atoms with Gasteiger partial charge >= 0.3 is 5.97 Å². The van der Waals surface area contributed by atoms with Crippen molar-refractivity contribution in [1.29, 1.82) is 0 Å². The van der Waals surface area contributed by atoms with Crippen LogP contribution in [0.3, 0.4) is 0 Å². The fourth-order valence-electron chi connectivity index (χ4n) is 1.06. The van der Waals surface area contributed by atoms with E-state index in [-0.39, 0.29) is 5.97 Å². The zero-order valence-corrected chi connectivity index (χ0v) is 10.1. The summed E-state index contributed by atoms with van der Waals surface area (Å²) in [6, 6.07) is 5.37. The van der Waals surface area contributed by atoms with Gasteiger partial charge in [-0.3, -0.25) is 0 Å². The zero-order chi connectivity index (χ0) is 10.6. The van der Waals surface area contributed by atoms with E-state index in [4.69, 9.17) is 16.3 Å². The van der Waals surface area contributed by atoms with Gasteiger partial charge < -0.3 is 4.74 Å². The summed E-state index contributed by atoms with van der Waals surface area (Å²) < 4.78 is 5.75.